The van der Waals surface area contributed by atoms with Crippen LogP contribution in [0.4, 0.5) is 0 Å². The Labute approximate surface area is 123 Å². The third kappa shape index (κ3) is 5.68. The smallest absolute Gasteiger partial charge is 0.163 e. The highest BCUT2D eigenvalue weighted by Crippen LogP contribution is 2.31. The van der Waals surface area contributed by atoms with Gasteiger partial charge in [-0.15, -0.1) is 0 Å². The average molecular weight is 288 g/mol. The van der Waals surface area contributed by atoms with Gasteiger partial charge >= 0.3 is 0 Å². The van der Waals surface area contributed by atoms with Crippen molar-refractivity contribution in [2.24, 2.45) is 5.41 Å². The lowest BCUT2D eigenvalue weighted by molar-refractivity contribution is -0.303. The topological polar surface area (TPSA) is 58.9 Å². The molecule has 0 bridgehead atoms. The summed E-state index contributed by atoms with van der Waals surface area (Å²) in [5, 5.41) is 20.2. The first-order valence-corrected chi connectivity index (χ1v) is 7.75. The van der Waals surface area contributed by atoms with Gasteiger partial charge in [-0.05, 0) is 38.5 Å². The van der Waals surface area contributed by atoms with E-state index in [1.54, 1.807) is 0 Å². The van der Waals surface area contributed by atoms with Crippen LogP contribution >= 0.6 is 0 Å². The molecule has 1 rings (SSSR count). The lowest BCUT2D eigenvalue weighted by Crippen LogP contribution is -2.45. The number of hydrogen-bond donors (Lipinski definition) is 2. The van der Waals surface area contributed by atoms with Crippen molar-refractivity contribution in [3.63, 3.8) is 0 Å². The van der Waals surface area contributed by atoms with Crippen molar-refractivity contribution < 1.29 is 19.7 Å². The molecule has 0 aliphatic carbocycles. The van der Waals surface area contributed by atoms with E-state index in [0.29, 0.717) is 12.8 Å². The minimum absolute atomic E-state index is 0.00846. The van der Waals surface area contributed by atoms with Crippen molar-refractivity contribution in [1.29, 1.82) is 0 Å². The Kier molecular flexibility index (Phi) is 6.02. The maximum absolute atomic E-state index is 10.2. The van der Waals surface area contributed by atoms with Gasteiger partial charge in [0.05, 0.1) is 24.4 Å². The van der Waals surface area contributed by atoms with Crippen molar-refractivity contribution in [2.75, 3.05) is 0 Å². The summed E-state index contributed by atoms with van der Waals surface area (Å²) in [5.74, 6) is -0.591. The van der Waals surface area contributed by atoms with Crippen LogP contribution < -0.4 is 0 Å². The molecule has 0 spiro atoms. The number of aliphatic hydroxyl groups is 2. The summed E-state index contributed by atoms with van der Waals surface area (Å²) < 4.78 is 11.7. The van der Waals surface area contributed by atoms with Crippen LogP contribution in [0, 0.1) is 5.41 Å². The summed E-state index contributed by atoms with van der Waals surface area (Å²) in [4.78, 5) is 0. The molecule has 0 aromatic carbocycles. The Morgan fingerprint density at radius 1 is 1.15 bits per heavy atom. The lowest BCUT2D eigenvalue weighted by Gasteiger charge is -2.41. The summed E-state index contributed by atoms with van der Waals surface area (Å²) in [5.41, 5.74) is -0.206. The molecule has 0 saturated carbocycles. The van der Waals surface area contributed by atoms with Crippen LogP contribution in [0.1, 0.15) is 67.2 Å². The van der Waals surface area contributed by atoms with E-state index in [1.165, 1.54) is 0 Å². The molecule has 4 heteroatoms. The zero-order chi connectivity index (χ0) is 15.6. The second kappa shape index (κ2) is 6.73. The minimum Gasteiger partial charge on any atom is -0.393 e. The fourth-order valence-corrected chi connectivity index (χ4v) is 2.63. The van der Waals surface area contributed by atoms with Gasteiger partial charge in [0.15, 0.2) is 5.79 Å². The van der Waals surface area contributed by atoms with Crippen LogP contribution in [0.25, 0.3) is 0 Å². The van der Waals surface area contributed by atoms with Crippen LogP contribution in [0.3, 0.4) is 0 Å². The maximum Gasteiger partial charge on any atom is 0.163 e. The van der Waals surface area contributed by atoms with E-state index in [0.717, 1.165) is 12.8 Å². The summed E-state index contributed by atoms with van der Waals surface area (Å²) in [7, 11) is 0. The first-order valence-electron chi connectivity index (χ1n) is 7.75. The van der Waals surface area contributed by atoms with E-state index in [-0.39, 0.29) is 17.6 Å². The molecule has 1 heterocycles. The molecule has 4 atom stereocenters. The molecule has 0 amide bonds. The highest BCUT2D eigenvalue weighted by Gasteiger charge is 2.36. The zero-order valence-electron chi connectivity index (χ0n) is 13.8. The van der Waals surface area contributed by atoms with E-state index in [4.69, 9.17) is 9.47 Å². The first kappa shape index (κ1) is 17.9. The lowest BCUT2D eigenvalue weighted by atomic mass is 9.85. The number of hydrogen-bond acceptors (Lipinski definition) is 4. The Morgan fingerprint density at radius 3 is 2.20 bits per heavy atom. The Morgan fingerprint density at radius 2 is 1.70 bits per heavy atom. The molecule has 20 heavy (non-hydrogen) atoms. The second-order valence-corrected chi connectivity index (χ2v) is 7.53. The highest BCUT2D eigenvalue weighted by molar-refractivity contribution is 4.81. The minimum atomic E-state index is -0.591. The van der Waals surface area contributed by atoms with Gasteiger partial charge in [0.2, 0.25) is 0 Å². The normalized spacial score (nSPS) is 30.0. The average Bonchev–Trinajstić information content (AvgIpc) is 2.24. The van der Waals surface area contributed by atoms with Gasteiger partial charge in [0.1, 0.15) is 0 Å². The molecule has 1 fully saturated rings. The van der Waals surface area contributed by atoms with Gasteiger partial charge in [-0.25, -0.2) is 0 Å². The molecular weight excluding hydrogens is 256 g/mol. The fraction of sp³-hybridized carbons (Fsp3) is 1.00. The molecular formula is C16H32O4. The van der Waals surface area contributed by atoms with Crippen LogP contribution in [0.5, 0.6) is 0 Å². The van der Waals surface area contributed by atoms with Crippen molar-refractivity contribution in [2.45, 2.75) is 97.4 Å². The van der Waals surface area contributed by atoms with E-state index < -0.39 is 18.0 Å². The quantitative estimate of drug-likeness (QED) is 0.816. The molecule has 1 aliphatic heterocycles. The summed E-state index contributed by atoms with van der Waals surface area (Å²) in [6.07, 6.45) is 1.83. The van der Waals surface area contributed by atoms with Crippen molar-refractivity contribution in [3.05, 3.63) is 0 Å². The molecule has 1 saturated heterocycles. The van der Waals surface area contributed by atoms with Crippen molar-refractivity contribution >= 4 is 0 Å². The second-order valence-electron chi connectivity index (χ2n) is 7.53. The number of ether oxygens (including phenoxy) is 2. The van der Waals surface area contributed by atoms with Crippen molar-refractivity contribution in [3.8, 4) is 0 Å². The van der Waals surface area contributed by atoms with Crippen LogP contribution in [-0.2, 0) is 9.47 Å². The molecule has 0 aromatic heterocycles. The zero-order valence-corrected chi connectivity index (χ0v) is 13.8. The van der Waals surface area contributed by atoms with Gasteiger partial charge < -0.3 is 19.7 Å². The van der Waals surface area contributed by atoms with Gasteiger partial charge in [-0.3, -0.25) is 0 Å². The van der Waals surface area contributed by atoms with Gasteiger partial charge in [-0.2, -0.15) is 0 Å². The van der Waals surface area contributed by atoms with E-state index in [2.05, 4.69) is 6.92 Å². The fourth-order valence-electron chi connectivity index (χ4n) is 2.63. The van der Waals surface area contributed by atoms with Crippen LogP contribution in [-0.4, -0.2) is 40.4 Å². The molecule has 1 aliphatic rings. The number of aliphatic hydroxyl groups excluding tert-OH is 2. The Balaban J connectivity index is 2.50. The predicted octanol–water partition coefficient (Wildman–Crippen LogP) is 2.85. The predicted molar refractivity (Wildman–Crippen MR) is 79.4 cm³/mol. The molecule has 0 aromatic rings. The van der Waals surface area contributed by atoms with Crippen LogP contribution in [0.2, 0.25) is 0 Å². The van der Waals surface area contributed by atoms with Crippen LogP contribution in [0.15, 0.2) is 0 Å². The third-order valence-corrected chi connectivity index (χ3v) is 3.91. The number of rotatable bonds is 5. The standard InChI is InChI=1S/C16H32O4/c1-7-12-10-13(20-16(5,6)19-12)8-11(17)9-14(18)15(2,3)4/h11-14,17-18H,7-10H2,1-6H3/t11-,12-,13+,14+/m1/s1. The van der Waals surface area contributed by atoms with E-state index in [1.807, 2.05) is 34.6 Å². The molecule has 0 radical (unpaired) electrons. The van der Waals surface area contributed by atoms with E-state index in [9.17, 15) is 10.2 Å². The monoisotopic (exact) mass is 288 g/mol. The largest absolute Gasteiger partial charge is 0.393 e. The third-order valence-electron chi connectivity index (χ3n) is 3.91. The SMILES string of the molecule is CC[C@@H]1C[C@H](C[C@@H](O)C[C@H](O)C(C)(C)C)OC(C)(C)O1. The Bertz CT molecular complexity index is 295. The van der Waals surface area contributed by atoms with Gasteiger partial charge in [0, 0.05) is 6.42 Å². The van der Waals surface area contributed by atoms with E-state index >= 15 is 0 Å². The molecule has 0 unspecified atom stereocenters. The van der Waals surface area contributed by atoms with Gasteiger partial charge in [0.25, 0.3) is 0 Å². The summed E-state index contributed by atoms with van der Waals surface area (Å²) in [6.45, 7) is 11.9. The van der Waals surface area contributed by atoms with Gasteiger partial charge in [-0.1, -0.05) is 27.7 Å². The highest BCUT2D eigenvalue weighted by atomic mass is 16.7. The van der Waals surface area contributed by atoms with Crippen molar-refractivity contribution in [1.82, 2.24) is 0 Å². The molecule has 4 nitrogen and oxygen atoms in total. The first-order chi connectivity index (χ1) is 9.03. The summed E-state index contributed by atoms with van der Waals surface area (Å²) in [6, 6.07) is 0. The Hall–Kier alpha value is -0.160. The molecule has 120 valence electrons. The summed E-state index contributed by atoms with van der Waals surface area (Å²) >= 11 is 0. The molecule has 2 N–H and O–H groups in total. The maximum atomic E-state index is 10.2.